The Morgan fingerprint density at radius 3 is 2.72 bits per heavy atom. The maximum absolute atomic E-state index is 11.6. The van der Waals surface area contributed by atoms with Crippen LogP contribution in [0.3, 0.4) is 0 Å². The topological polar surface area (TPSA) is 42.0 Å². The highest BCUT2D eigenvalue weighted by molar-refractivity contribution is 7.14. The normalized spacial score (nSPS) is 14.5. The minimum Gasteiger partial charge on any atom is -0.302 e. The number of carbonyl (C=O) groups excluding carboxylic acids is 1. The number of thiazole rings is 1. The maximum atomic E-state index is 11.6. The summed E-state index contributed by atoms with van der Waals surface area (Å²) in [6.45, 7) is 2.06. The molecule has 1 aromatic carbocycles. The number of rotatable bonds is 3. The van der Waals surface area contributed by atoms with Gasteiger partial charge in [-0.1, -0.05) is 29.8 Å². The predicted octanol–water partition coefficient (Wildman–Crippen LogP) is 3.47. The van der Waals surface area contributed by atoms with Crippen molar-refractivity contribution in [2.75, 3.05) is 5.32 Å². The minimum absolute atomic E-state index is 0.111. The molecule has 0 atom stereocenters. The van der Waals surface area contributed by atoms with Gasteiger partial charge in [-0.15, -0.1) is 11.3 Å². The van der Waals surface area contributed by atoms with Crippen molar-refractivity contribution in [1.82, 2.24) is 4.98 Å². The van der Waals surface area contributed by atoms with Gasteiger partial charge in [0, 0.05) is 16.9 Å². The van der Waals surface area contributed by atoms with Crippen LogP contribution in [0.25, 0.3) is 11.3 Å². The Hall–Kier alpha value is -1.68. The summed E-state index contributed by atoms with van der Waals surface area (Å²) in [4.78, 5) is 16.1. The van der Waals surface area contributed by atoms with Crippen LogP contribution in [0.1, 0.15) is 18.4 Å². The number of amides is 1. The van der Waals surface area contributed by atoms with Gasteiger partial charge in [-0.2, -0.15) is 0 Å². The summed E-state index contributed by atoms with van der Waals surface area (Å²) < 4.78 is 0. The maximum Gasteiger partial charge on any atom is 0.229 e. The number of nitrogens with zero attached hydrogens (tertiary/aromatic N) is 1. The van der Waals surface area contributed by atoms with Gasteiger partial charge in [0.05, 0.1) is 5.69 Å². The molecule has 18 heavy (non-hydrogen) atoms. The molecule has 0 aliphatic heterocycles. The molecule has 3 nitrogen and oxygen atoms in total. The zero-order valence-corrected chi connectivity index (χ0v) is 11.0. The van der Waals surface area contributed by atoms with E-state index in [1.165, 1.54) is 16.9 Å². The fourth-order valence-corrected chi connectivity index (χ4v) is 2.46. The third kappa shape index (κ3) is 2.43. The average Bonchev–Trinajstić information content (AvgIpc) is 3.12. The minimum atomic E-state index is 0.111. The molecule has 3 rings (SSSR count). The van der Waals surface area contributed by atoms with Crippen LogP contribution < -0.4 is 5.32 Å². The van der Waals surface area contributed by atoms with Gasteiger partial charge in [0.1, 0.15) is 0 Å². The first kappa shape index (κ1) is 11.4. The van der Waals surface area contributed by atoms with Crippen molar-refractivity contribution in [3.05, 3.63) is 35.2 Å². The molecule has 0 saturated heterocycles. The Morgan fingerprint density at radius 2 is 2.06 bits per heavy atom. The van der Waals surface area contributed by atoms with E-state index < -0.39 is 0 Å². The molecule has 2 aromatic rings. The third-order valence-electron chi connectivity index (χ3n) is 3.03. The van der Waals surface area contributed by atoms with Gasteiger partial charge in [-0.25, -0.2) is 4.98 Å². The van der Waals surface area contributed by atoms with Crippen LogP contribution in [-0.2, 0) is 4.79 Å². The molecule has 0 spiro atoms. The van der Waals surface area contributed by atoms with Crippen molar-refractivity contribution >= 4 is 22.4 Å². The SMILES string of the molecule is Cc1ccc(-c2csc(NC(=O)C3CC3)n2)cc1. The van der Waals surface area contributed by atoms with Crippen LogP contribution in [0.15, 0.2) is 29.6 Å². The molecule has 0 radical (unpaired) electrons. The number of nitrogens with one attached hydrogen (secondary N) is 1. The molecule has 1 aliphatic carbocycles. The second-order valence-corrected chi connectivity index (χ2v) is 5.53. The lowest BCUT2D eigenvalue weighted by Gasteiger charge is -1.99. The molecule has 1 amide bonds. The first-order chi connectivity index (χ1) is 8.72. The molecule has 1 heterocycles. The number of carbonyl (C=O) groups is 1. The lowest BCUT2D eigenvalue weighted by atomic mass is 10.1. The molecule has 1 saturated carbocycles. The standard InChI is InChI=1S/C14H14N2OS/c1-9-2-4-10(5-3-9)12-8-18-14(15-12)16-13(17)11-6-7-11/h2-5,8,11H,6-7H2,1H3,(H,15,16,17). The van der Waals surface area contributed by atoms with E-state index in [9.17, 15) is 4.79 Å². The summed E-state index contributed by atoms with van der Waals surface area (Å²) in [6, 6.07) is 8.24. The summed E-state index contributed by atoms with van der Waals surface area (Å²) >= 11 is 1.48. The highest BCUT2D eigenvalue weighted by Gasteiger charge is 2.30. The summed E-state index contributed by atoms with van der Waals surface area (Å²) in [5.41, 5.74) is 3.24. The zero-order chi connectivity index (χ0) is 12.5. The first-order valence-electron chi connectivity index (χ1n) is 6.06. The smallest absolute Gasteiger partial charge is 0.229 e. The van der Waals surface area contributed by atoms with E-state index >= 15 is 0 Å². The third-order valence-corrected chi connectivity index (χ3v) is 3.79. The molecule has 1 N–H and O–H groups in total. The summed E-state index contributed by atoms with van der Waals surface area (Å²) in [5, 5.41) is 5.55. The molecule has 92 valence electrons. The Labute approximate surface area is 110 Å². The van der Waals surface area contributed by atoms with Crippen LogP contribution >= 0.6 is 11.3 Å². The molecule has 1 aliphatic rings. The van der Waals surface area contributed by atoms with Crippen LogP contribution in [0.4, 0.5) is 5.13 Å². The van der Waals surface area contributed by atoms with Gasteiger partial charge in [0.15, 0.2) is 5.13 Å². The van der Waals surface area contributed by atoms with Gasteiger partial charge in [0.2, 0.25) is 5.91 Å². The summed E-state index contributed by atoms with van der Waals surface area (Å²) in [5.74, 6) is 0.330. The quantitative estimate of drug-likeness (QED) is 0.916. The Kier molecular flexibility index (Phi) is 2.88. The van der Waals surface area contributed by atoms with Gasteiger partial charge < -0.3 is 5.32 Å². The molecule has 0 bridgehead atoms. The van der Waals surface area contributed by atoms with Crippen molar-refractivity contribution in [2.24, 2.45) is 5.92 Å². The number of anilines is 1. The average molecular weight is 258 g/mol. The Balaban J connectivity index is 1.76. The van der Waals surface area contributed by atoms with E-state index in [4.69, 9.17) is 0 Å². The van der Waals surface area contributed by atoms with Crippen LogP contribution in [-0.4, -0.2) is 10.9 Å². The lowest BCUT2D eigenvalue weighted by molar-refractivity contribution is -0.117. The number of aryl methyl sites for hydroxylation is 1. The molecule has 4 heteroatoms. The molecule has 1 aromatic heterocycles. The van der Waals surface area contributed by atoms with E-state index in [1.807, 2.05) is 5.38 Å². The first-order valence-corrected chi connectivity index (χ1v) is 6.94. The number of hydrogen-bond donors (Lipinski definition) is 1. The molecular weight excluding hydrogens is 244 g/mol. The van der Waals surface area contributed by atoms with Crippen molar-refractivity contribution < 1.29 is 4.79 Å². The van der Waals surface area contributed by atoms with E-state index in [0.717, 1.165) is 24.1 Å². The van der Waals surface area contributed by atoms with Crippen molar-refractivity contribution in [2.45, 2.75) is 19.8 Å². The highest BCUT2D eigenvalue weighted by atomic mass is 32.1. The summed E-state index contributed by atoms with van der Waals surface area (Å²) in [7, 11) is 0. The molecule has 1 fully saturated rings. The van der Waals surface area contributed by atoms with Gasteiger partial charge >= 0.3 is 0 Å². The largest absolute Gasteiger partial charge is 0.302 e. The van der Waals surface area contributed by atoms with Crippen LogP contribution in [0.5, 0.6) is 0 Å². The van der Waals surface area contributed by atoms with E-state index in [2.05, 4.69) is 41.5 Å². The highest BCUT2D eigenvalue weighted by Crippen LogP contribution is 2.31. The van der Waals surface area contributed by atoms with Crippen molar-refractivity contribution in [3.63, 3.8) is 0 Å². The summed E-state index contributed by atoms with van der Waals surface area (Å²) in [6.07, 6.45) is 2.03. The van der Waals surface area contributed by atoms with E-state index in [1.54, 1.807) is 0 Å². The van der Waals surface area contributed by atoms with Crippen LogP contribution in [0.2, 0.25) is 0 Å². The Bertz CT molecular complexity index is 570. The lowest BCUT2D eigenvalue weighted by Crippen LogP contribution is -2.12. The monoisotopic (exact) mass is 258 g/mol. The molecule has 0 unspecified atom stereocenters. The van der Waals surface area contributed by atoms with Crippen molar-refractivity contribution in [3.8, 4) is 11.3 Å². The van der Waals surface area contributed by atoms with E-state index in [-0.39, 0.29) is 11.8 Å². The van der Waals surface area contributed by atoms with E-state index in [0.29, 0.717) is 5.13 Å². The number of aromatic nitrogens is 1. The number of benzene rings is 1. The van der Waals surface area contributed by atoms with Crippen LogP contribution in [0, 0.1) is 12.8 Å². The van der Waals surface area contributed by atoms with Gasteiger partial charge in [-0.3, -0.25) is 4.79 Å². The predicted molar refractivity (Wildman–Crippen MR) is 73.6 cm³/mol. The second kappa shape index (κ2) is 4.53. The zero-order valence-electron chi connectivity index (χ0n) is 10.1. The number of hydrogen-bond acceptors (Lipinski definition) is 3. The molecular formula is C14H14N2OS. The fourth-order valence-electron chi connectivity index (χ4n) is 1.74. The second-order valence-electron chi connectivity index (χ2n) is 4.67. The van der Waals surface area contributed by atoms with Gasteiger partial charge in [0.25, 0.3) is 0 Å². The van der Waals surface area contributed by atoms with Crippen molar-refractivity contribution in [1.29, 1.82) is 0 Å². The Morgan fingerprint density at radius 1 is 1.33 bits per heavy atom. The fraction of sp³-hybridized carbons (Fsp3) is 0.286. The van der Waals surface area contributed by atoms with Gasteiger partial charge in [-0.05, 0) is 19.8 Å².